The van der Waals surface area contributed by atoms with Crippen LogP contribution in [-0.2, 0) is 14.4 Å². The molecule has 1 rings (SSSR count). The van der Waals surface area contributed by atoms with Crippen molar-refractivity contribution in [2.24, 2.45) is 5.41 Å². The van der Waals surface area contributed by atoms with Crippen LogP contribution in [0, 0.1) is 5.41 Å². The molecule has 0 aromatic heterocycles. The Bertz CT molecular complexity index is 415. The average Bonchev–Trinajstić information content (AvgIpc) is 2.21. The van der Waals surface area contributed by atoms with E-state index < -0.39 is 29.2 Å². The molecule has 0 radical (unpaired) electrons. The number of amides is 5. The predicted octanol–water partition coefficient (Wildman–Crippen LogP) is -0.384. The van der Waals surface area contributed by atoms with Crippen LogP contribution in [-0.4, -0.2) is 41.2 Å². The summed E-state index contributed by atoms with van der Waals surface area (Å²) in [6.45, 7) is 5.96. The van der Waals surface area contributed by atoms with E-state index >= 15 is 0 Å². The number of barbiturate groups is 1. The first-order valence-electron chi connectivity index (χ1n) is 5.63. The summed E-state index contributed by atoms with van der Waals surface area (Å²) in [7, 11) is 0. The van der Waals surface area contributed by atoms with Gasteiger partial charge in [-0.1, -0.05) is 0 Å². The summed E-state index contributed by atoms with van der Waals surface area (Å²) in [5.74, 6) is -1.77. The highest BCUT2D eigenvalue weighted by atomic mass is 16.2. The number of urea groups is 1. The summed E-state index contributed by atoms with van der Waals surface area (Å²) in [5, 5.41) is 4.63. The largest absolute Gasteiger partial charge is 0.352 e. The molecule has 0 aromatic rings. The highest BCUT2D eigenvalue weighted by molar-refractivity contribution is 6.19. The third-order valence-electron chi connectivity index (χ3n) is 2.56. The van der Waals surface area contributed by atoms with Crippen LogP contribution < -0.4 is 10.6 Å². The number of carbonyl (C=O) groups excluding carboxylic acids is 4. The lowest BCUT2D eigenvalue weighted by atomic mass is 9.89. The molecule has 1 aliphatic rings. The van der Waals surface area contributed by atoms with Crippen molar-refractivity contribution in [3.8, 4) is 0 Å². The summed E-state index contributed by atoms with van der Waals surface area (Å²) < 4.78 is 0. The van der Waals surface area contributed by atoms with Gasteiger partial charge >= 0.3 is 6.03 Å². The van der Waals surface area contributed by atoms with Crippen LogP contribution in [0.5, 0.6) is 0 Å². The quantitative estimate of drug-likeness (QED) is 0.672. The molecule has 1 fully saturated rings. The standard InChI is InChI=1S/C11H17N3O4/c1-6(2)12-7(15)5-14-9(17)11(3,4)8(16)13-10(14)18/h6H,5H2,1-4H3,(H,12,15)(H,13,16,18). The summed E-state index contributed by atoms with van der Waals surface area (Å²) >= 11 is 0. The lowest BCUT2D eigenvalue weighted by Crippen LogP contribution is -2.63. The van der Waals surface area contributed by atoms with E-state index in [1.54, 1.807) is 13.8 Å². The Morgan fingerprint density at radius 2 is 1.89 bits per heavy atom. The van der Waals surface area contributed by atoms with Crippen LogP contribution in [0.2, 0.25) is 0 Å². The van der Waals surface area contributed by atoms with Crippen LogP contribution in [0.3, 0.4) is 0 Å². The van der Waals surface area contributed by atoms with E-state index in [-0.39, 0.29) is 12.6 Å². The molecular weight excluding hydrogens is 238 g/mol. The molecule has 0 saturated carbocycles. The molecule has 1 saturated heterocycles. The average molecular weight is 255 g/mol. The van der Waals surface area contributed by atoms with Gasteiger partial charge in [0.15, 0.2) is 0 Å². The Morgan fingerprint density at radius 3 is 2.39 bits per heavy atom. The Kier molecular flexibility index (Phi) is 3.73. The van der Waals surface area contributed by atoms with Crippen LogP contribution >= 0.6 is 0 Å². The van der Waals surface area contributed by atoms with E-state index in [1.807, 2.05) is 0 Å². The number of hydrogen-bond donors (Lipinski definition) is 2. The minimum atomic E-state index is -1.34. The van der Waals surface area contributed by atoms with Crippen molar-refractivity contribution in [2.75, 3.05) is 6.54 Å². The van der Waals surface area contributed by atoms with E-state index in [4.69, 9.17) is 0 Å². The van der Waals surface area contributed by atoms with Crippen molar-refractivity contribution in [1.82, 2.24) is 15.5 Å². The monoisotopic (exact) mass is 255 g/mol. The molecule has 0 aliphatic carbocycles. The molecule has 18 heavy (non-hydrogen) atoms. The zero-order valence-electron chi connectivity index (χ0n) is 10.9. The van der Waals surface area contributed by atoms with Gasteiger partial charge in [-0.2, -0.15) is 0 Å². The summed E-state index contributed by atoms with van der Waals surface area (Å²) in [6, 6.07) is -0.946. The molecule has 0 atom stereocenters. The van der Waals surface area contributed by atoms with Gasteiger partial charge in [-0.05, 0) is 27.7 Å². The van der Waals surface area contributed by atoms with E-state index in [0.29, 0.717) is 0 Å². The van der Waals surface area contributed by atoms with Crippen LogP contribution in [0.4, 0.5) is 4.79 Å². The van der Waals surface area contributed by atoms with Gasteiger partial charge in [0.2, 0.25) is 17.7 Å². The molecule has 1 heterocycles. The number of nitrogens with one attached hydrogen (secondary N) is 2. The molecule has 0 bridgehead atoms. The lowest BCUT2D eigenvalue weighted by molar-refractivity contribution is -0.150. The summed E-state index contributed by atoms with van der Waals surface area (Å²) in [5.41, 5.74) is -1.34. The van der Waals surface area contributed by atoms with E-state index in [2.05, 4.69) is 10.6 Å². The molecule has 1 aliphatic heterocycles. The molecule has 0 aromatic carbocycles. The second kappa shape index (κ2) is 4.75. The third kappa shape index (κ3) is 2.66. The van der Waals surface area contributed by atoms with Crippen LogP contribution in [0.25, 0.3) is 0 Å². The van der Waals surface area contributed by atoms with Crippen LogP contribution in [0.1, 0.15) is 27.7 Å². The molecule has 5 amide bonds. The second-order valence-corrected chi connectivity index (χ2v) is 5.00. The van der Waals surface area contributed by atoms with Gasteiger partial charge in [0.25, 0.3) is 0 Å². The first-order valence-corrected chi connectivity index (χ1v) is 5.63. The summed E-state index contributed by atoms with van der Waals surface area (Å²) in [4.78, 5) is 47.2. The van der Waals surface area contributed by atoms with Crippen molar-refractivity contribution in [1.29, 1.82) is 0 Å². The number of hydrogen-bond acceptors (Lipinski definition) is 4. The SMILES string of the molecule is CC(C)NC(=O)CN1C(=O)NC(=O)C(C)(C)C1=O. The van der Waals surface area contributed by atoms with Crippen molar-refractivity contribution < 1.29 is 19.2 Å². The zero-order chi connectivity index (χ0) is 14.1. The first kappa shape index (κ1) is 14.1. The van der Waals surface area contributed by atoms with Gasteiger partial charge in [-0.3, -0.25) is 24.6 Å². The first-order chi connectivity index (χ1) is 8.16. The van der Waals surface area contributed by atoms with Gasteiger partial charge in [0.05, 0.1) is 0 Å². The Hall–Kier alpha value is -1.92. The highest BCUT2D eigenvalue weighted by Crippen LogP contribution is 2.22. The fraction of sp³-hybridized carbons (Fsp3) is 0.636. The number of carbonyl (C=O) groups is 4. The van der Waals surface area contributed by atoms with E-state index in [1.165, 1.54) is 13.8 Å². The third-order valence-corrected chi connectivity index (χ3v) is 2.56. The topological polar surface area (TPSA) is 95.6 Å². The zero-order valence-corrected chi connectivity index (χ0v) is 10.9. The van der Waals surface area contributed by atoms with Crippen molar-refractivity contribution in [3.05, 3.63) is 0 Å². The summed E-state index contributed by atoms with van der Waals surface area (Å²) in [6.07, 6.45) is 0. The lowest BCUT2D eigenvalue weighted by Gasteiger charge is -2.34. The Labute approximate surface area is 105 Å². The van der Waals surface area contributed by atoms with Gasteiger partial charge in [0, 0.05) is 6.04 Å². The van der Waals surface area contributed by atoms with Gasteiger partial charge < -0.3 is 5.32 Å². The molecule has 100 valence electrons. The molecule has 0 spiro atoms. The van der Waals surface area contributed by atoms with Crippen molar-refractivity contribution in [2.45, 2.75) is 33.7 Å². The van der Waals surface area contributed by atoms with Gasteiger partial charge in [-0.15, -0.1) is 0 Å². The van der Waals surface area contributed by atoms with E-state index in [9.17, 15) is 19.2 Å². The van der Waals surface area contributed by atoms with Gasteiger partial charge in [-0.25, -0.2) is 4.79 Å². The molecule has 2 N–H and O–H groups in total. The number of nitrogens with zero attached hydrogens (tertiary/aromatic N) is 1. The minimum Gasteiger partial charge on any atom is -0.352 e. The Balaban J connectivity index is 2.82. The molecular formula is C11H17N3O4. The van der Waals surface area contributed by atoms with Gasteiger partial charge in [0.1, 0.15) is 12.0 Å². The smallest absolute Gasteiger partial charge is 0.331 e. The van der Waals surface area contributed by atoms with E-state index in [0.717, 1.165) is 4.90 Å². The van der Waals surface area contributed by atoms with Crippen molar-refractivity contribution >= 4 is 23.8 Å². The maximum absolute atomic E-state index is 12.0. The number of rotatable bonds is 3. The highest BCUT2D eigenvalue weighted by Gasteiger charge is 2.47. The fourth-order valence-electron chi connectivity index (χ4n) is 1.50. The molecule has 7 nitrogen and oxygen atoms in total. The minimum absolute atomic E-state index is 0.0879. The normalized spacial score (nSPS) is 18.9. The predicted molar refractivity (Wildman–Crippen MR) is 62.3 cm³/mol. The molecule has 7 heteroatoms. The maximum atomic E-state index is 12.0. The molecule has 0 unspecified atom stereocenters. The number of imide groups is 2. The maximum Gasteiger partial charge on any atom is 0.331 e. The fourth-order valence-corrected chi connectivity index (χ4v) is 1.50. The second-order valence-electron chi connectivity index (χ2n) is 5.00. The van der Waals surface area contributed by atoms with Crippen LogP contribution in [0.15, 0.2) is 0 Å². The van der Waals surface area contributed by atoms with Crippen molar-refractivity contribution in [3.63, 3.8) is 0 Å². The Morgan fingerprint density at radius 1 is 1.33 bits per heavy atom.